The smallest absolute Gasteiger partial charge is 0.273 e. The molecule has 3 fully saturated rings. The maximum Gasteiger partial charge on any atom is 0.273 e. The number of rotatable bonds is 7. The lowest BCUT2D eigenvalue weighted by Gasteiger charge is -2.45. The van der Waals surface area contributed by atoms with Crippen molar-refractivity contribution in [2.24, 2.45) is 5.92 Å². The summed E-state index contributed by atoms with van der Waals surface area (Å²) in [4.78, 5) is 37.8. The number of aromatic nitrogens is 3. The molecule has 3 aliphatic rings. The lowest BCUT2D eigenvalue weighted by Crippen LogP contribution is -2.59. The molecule has 11 heteroatoms. The van der Waals surface area contributed by atoms with Crippen molar-refractivity contribution in [2.75, 3.05) is 13.1 Å². The molecule has 6 rings (SSSR count). The monoisotopic (exact) mass is 522 g/mol. The zero-order chi connectivity index (χ0) is 26.3. The van der Waals surface area contributed by atoms with Gasteiger partial charge in [0.1, 0.15) is 11.6 Å². The van der Waals surface area contributed by atoms with Crippen molar-refractivity contribution >= 4 is 11.8 Å². The molecule has 1 saturated heterocycles. The van der Waals surface area contributed by atoms with Gasteiger partial charge in [-0.25, -0.2) is 18.7 Å². The first-order chi connectivity index (χ1) is 18.4. The van der Waals surface area contributed by atoms with Gasteiger partial charge in [-0.1, -0.05) is 11.6 Å². The Morgan fingerprint density at radius 1 is 1.08 bits per heavy atom. The molecule has 3 heterocycles. The summed E-state index contributed by atoms with van der Waals surface area (Å²) >= 11 is 0. The van der Waals surface area contributed by atoms with E-state index in [1.54, 1.807) is 18.5 Å². The summed E-state index contributed by atoms with van der Waals surface area (Å²) < 4.78 is 32.6. The van der Waals surface area contributed by atoms with Crippen LogP contribution in [0.4, 0.5) is 8.78 Å². The van der Waals surface area contributed by atoms with Crippen LogP contribution in [0.2, 0.25) is 0 Å². The van der Waals surface area contributed by atoms with E-state index < -0.39 is 35.0 Å². The highest BCUT2D eigenvalue weighted by atomic mass is 19.1. The maximum atomic E-state index is 14.2. The van der Waals surface area contributed by atoms with Crippen LogP contribution in [0.25, 0.3) is 11.3 Å². The number of benzene rings is 1. The van der Waals surface area contributed by atoms with Crippen molar-refractivity contribution in [2.45, 2.75) is 56.1 Å². The Kier molecular flexibility index (Phi) is 6.38. The van der Waals surface area contributed by atoms with E-state index in [-0.39, 0.29) is 22.9 Å². The molecule has 38 heavy (non-hydrogen) atoms. The number of hydrogen-bond donors (Lipinski definition) is 2. The molecule has 9 nitrogen and oxygen atoms in total. The largest absolute Gasteiger partial charge is 0.355 e. The zero-order valence-electron chi connectivity index (χ0n) is 20.7. The van der Waals surface area contributed by atoms with Gasteiger partial charge in [0.05, 0.1) is 17.0 Å². The second kappa shape index (κ2) is 9.86. The predicted octanol–water partition coefficient (Wildman–Crippen LogP) is 3.19. The van der Waals surface area contributed by atoms with Crippen LogP contribution in [0.1, 0.15) is 54.8 Å². The molecule has 2 aliphatic carbocycles. The van der Waals surface area contributed by atoms with E-state index in [2.05, 4.69) is 30.7 Å². The highest BCUT2D eigenvalue weighted by Crippen LogP contribution is 2.44. The summed E-state index contributed by atoms with van der Waals surface area (Å²) in [5.41, 5.74) is -0.603. The topological polar surface area (TPSA) is 113 Å². The Morgan fingerprint density at radius 2 is 1.87 bits per heavy atom. The molecule has 0 bridgehead atoms. The fraction of sp³-hybridized carbons (Fsp3) is 0.444. The van der Waals surface area contributed by atoms with Gasteiger partial charge in [-0.3, -0.25) is 14.5 Å². The number of hydrogen-bond acceptors (Lipinski definition) is 7. The Bertz CT molecular complexity index is 1340. The number of halogens is 2. The van der Waals surface area contributed by atoms with Crippen molar-refractivity contribution in [3.8, 4) is 11.3 Å². The molecule has 2 N–H and O–H groups in total. The molecular weight excluding hydrogens is 494 g/mol. The van der Waals surface area contributed by atoms with Crippen LogP contribution >= 0.6 is 0 Å². The number of amides is 2. The Labute approximate surface area is 218 Å². The van der Waals surface area contributed by atoms with E-state index in [0.717, 1.165) is 44.4 Å². The first kappa shape index (κ1) is 24.6. The number of nitrogens with zero attached hydrogens (tertiary/aromatic N) is 4. The van der Waals surface area contributed by atoms with Gasteiger partial charge in [0.15, 0.2) is 17.3 Å². The molecule has 1 aliphatic heterocycles. The Balaban J connectivity index is 1.18. The second-order valence-electron chi connectivity index (χ2n) is 10.4. The average Bonchev–Trinajstić information content (AvgIpc) is 3.49. The third-order valence-electron chi connectivity index (χ3n) is 7.93. The zero-order valence-corrected chi connectivity index (χ0v) is 20.7. The van der Waals surface area contributed by atoms with Gasteiger partial charge in [-0.15, -0.1) is 0 Å². The summed E-state index contributed by atoms with van der Waals surface area (Å²) in [6.07, 6.45) is 8.90. The molecule has 3 aromatic rings. The van der Waals surface area contributed by atoms with Gasteiger partial charge >= 0.3 is 0 Å². The summed E-state index contributed by atoms with van der Waals surface area (Å²) in [7, 11) is 0. The van der Waals surface area contributed by atoms with E-state index in [1.165, 1.54) is 18.6 Å². The van der Waals surface area contributed by atoms with Gasteiger partial charge in [-0.2, -0.15) is 0 Å². The average molecular weight is 523 g/mol. The maximum absolute atomic E-state index is 14.2. The van der Waals surface area contributed by atoms with Gasteiger partial charge in [0, 0.05) is 49.7 Å². The van der Waals surface area contributed by atoms with E-state index in [0.29, 0.717) is 24.8 Å². The third kappa shape index (κ3) is 4.78. The van der Waals surface area contributed by atoms with Crippen LogP contribution in [0.15, 0.2) is 47.2 Å². The van der Waals surface area contributed by atoms with Crippen molar-refractivity contribution < 1.29 is 22.9 Å². The molecule has 2 aromatic heterocycles. The fourth-order valence-corrected chi connectivity index (χ4v) is 5.34. The lowest BCUT2D eigenvalue weighted by molar-refractivity contribution is -0.129. The number of carbonyl (C=O) groups excluding carboxylic acids is 2. The van der Waals surface area contributed by atoms with Crippen LogP contribution < -0.4 is 10.6 Å². The molecule has 2 amide bonds. The summed E-state index contributed by atoms with van der Waals surface area (Å²) in [6.45, 7) is 1.31. The van der Waals surface area contributed by atoms with Crippen LogP contribution in [-0.2, 0) is 10.3 Å². The minimum absolute atomic E-state index is 0.00173. The lowest BCUT2D eigenvalue weighted by atomic mass is 9.85. The van der Waals surface area contributed by atoms with Gasteiger partial charge in [-0.05, 0) is 50.3 Å². The van der Waals surface area contributed by atoms with Crippen LogP contribution in [0, 0.1) is 17.6 Å². The first-order valence-corrected chi connectivity index (χ1v) is 13.0. The Morgan fingerprint density at radius 3 is 2.55 bits per heavy atom. The van der Waals surface area contributed by atoms with Crippen LogP contribution in [0.3, 0.4) is 0 Å². The minimum Gasteiger partial charge on any atom is -0.355 e. The fourth-order valence-electron chi connectivity index (χ4n) is 5.34. The highest BCUT2D eigenvalue weighted by molar-refractivity contribution is 5.94. The van der Waals surface area contributed by atoms with E-state index in [1.807, 2.05) is 0 Å². The van der Waals surface area contributed by atoms with Crippen molar-refractivity contribution in [3.63, 3.8) is 0 Å². The molecule has 1 aromatic carbocycles. The quantitative estimate of drug-likeness (QED) is 0.490. The summed E-state index contributed by atoms with van der Waals surface area (Å²) in [6, 6.07) is 6.18. The number of nitrogens with one attached hydrogen (secondary N) is 2. The second-order valence-corrected chi connectivity index (χ2v) is 10.4. The minimum atomic E-state index is -0.815. The van der Waals surface area contributed by atoms with Gasteiger partial charge in [0.25, 0.3) is 5.91 Å². The molecule has 0 radical (unpaired) electrons. The SMILES string of the molecule is O=C(N[C@H]1CCN(C2CCC2)C[C@@H]1C(=O)NC1(c2ncccn2)CC1)c1cc(-c2ccc(F)cc2F)on1. The van der Waals surface area contributed by atoms with E-state index in [4.69, 9.17) is 4.52 Å². The molecular formula is C27H28F2N6O3. The van der Waals surface area contributed by atoms with Gasteiger partial charge < -0.3 is 15.2 Å². The predicted molar refractivity (Wildman–Crippen MR) is 132 cm³/mol. The molecule has 2 saturated carbocycles. The Hall–Kier alpha value is -3.73. The number of likely N-dealkylation sites (tertiary alicyclic amines) is 1. The standard InChI is InChI=1S/C27H28F2N6O3/c28-16-5-6-18(20(29)13-16)23-14-22(34-38-23)25(37)32-21-7-12-35(17-3-1-4-17)15-19(21)24(36)33-27(8-9-27)26-30-10-2-11-31-26/h2,5-6,10-11,13-14,17,19,21H,1,3-4,7-9,12,15H2,(H,32,37)(H,33,36)/t19-,21-/m0/s1. The van der Waals surface area contributed by atoms with Crippen molar-refractivity contribution in [1.82, 2.24) is 30.7 Å². The normalized spacial score (nSPS) is 22.9. The summed E-state index contributed by atoms with van der Waals surface area (Å²) in [5, 5.41) is 9.93. The van der Waals surface area contributed by atoms with Gasteiger partial charge in [0.2, 0.25) is 5.91 Å². The molecule has 0 spiro atoms. The highest BCUT2D eigenvalue weighted by Gasteiger charge is 2.50. The first-order valence-electron chi connectivity index (χ1n) is 13.0. The molecule has 0 unspecified atom stereocenters. The molecule has 2 atom stereocenters. The number of carbonyl (C=O) groups is 2. The third-order valence-corrected chi connectivity index (χ3v) is 7.93. The molecule has 198 valence electrons. The number of piperidine rings is 1. The van der Waals surface area contributed by atoms with Crippen LogP contribution in [0.5, 0.6) is 0 Å². The van der Waals surface area contributed by atoms with Crippen molar-refractivity contribution in [1.29, 1.82) is 0 Å². The van der Waals surface area contributed by atoms with E-state index in [9.17, 15) is 18.4 Å². The van der Waals surface area contributed by atoms with Crippen molar-refractivity contribution in [3.05, 3.63) is 65.9 Å². The van der Waals surface area contributed by atoms with Crippen LogP contribution in [-0.4, -0.2) is 57.0 Å². The van der Waals surface area contributed by atoms with E-state index >= 15 is 0 Å². The summed E-state index contributed by atoms with van der Waals surface area (Å²) in [5.74, 6) is -2.05.